The van der Waals surface area contributed by atoms with Crippen molar-refractivity contribution in [3.8, 4) is 0 Å². The maximum atomic E-state index is 12.8. The van der Waals surface area contributed by atoms with E-state index in [0.29, 0.717) is 36.1 Å². The maximum Gasteiger partial charge on any atom is 0.152 e. The number of hydrogen-bond acceptors (Lipinski definition) is 3. The number of carbonyl (C=O) groups excluding carboxylic acids is 2. The van der Waals surface area contributed by atoms with Crippen LogP contribution in [0.3, 0.4) is 0 Å². The zero-order valence-corrected chi connectivity index (χ0v) is 17.4. The number of allylic oxidation sites excluding steroid dienone is 2. The van der Waals surface area contributed by atoms with Gasteiger partial charge in [-0.2, -0.15) is 0 Å². The van der Waals surface area contributed by atoms with E-state index < -0.39 is 5.41 Å². The van der Waals surface area contributed by atoms with Crippen molar-refractivity contribution in [2.75, 3.05) is 0 Å². The van der Waals surface area contributed by atoms with E-state index in [9.17, 15) is 9.59 Å². The number of carbonyl (C=O) groups is 2. The number of rotatable bonds is 3. The summed E-state index contributed by atoms with van der Waals surface area (Å²) in [6.45, 7) is 12.5. The molecule has 0 bridgehead atoms. The summed E-state index contributed by atoms with van der Waals surface area (Å²) < 4.78 is 6.48. The minimum Gasteiger partial charge on any atom is -0.372 e. The van der Waals surface area contributed by atoms with Crippen molar-refractivity contribution in [3.63, 3.8) is 0 Å². The zero-order chi connectivity index (χ0) is 19.3. The van der Waals surface area contributed by atoms with Gasteiger partial charge in [-0.1, -0.05) is 13.0 Å². The Morgan fingerprint density at radius 3 is 2.42 bits per heavy atom. The van der Waals surface area contributed by atoms with Gasteiger partial charge in [0.2, 0.25) is 0 Å². The first-order chi connectivity index (χ1) is 12.0. The third-order valence-electron chi connectivity index (χ3n) is 7.59. The van der Waals surface area contributed by atoms with Gasteiger partial charge in [-0.05, 0) is 96.0 Å². The second-order valence-corrected chi connectivity index (χ2v) is 10.4. The van der Waals surface area contributed by atoms with Crippen LogP contribution in [0.15, 0.2) is 12.2 Å². The molecule has 0 N–H and O–H groups in total. The summed E-state index contributed by atoms with van der Waals surface area (Å²) in [6, 6.07) is 0. The average molecular weight is 361 g/mol. The summed E-state index contributed by atoms with van der Waals surface area (Å²) in [6.07, 6.45) is 10.1. The van der Waals surface area contributed by atoms with Crippen LogP contribution < -0.4 is 0 Å². The van der Waals surface area contributed by atoms with Gasteiger partial charge in [-0.25, -0.2) is 0 Å². The zero-order valence-electron chi connectivity index (χ0n) is 17.4. The van der Waals surface area contributed by atoms with Crippen LogP contribution in [0, 0.1) is 28.6 Å². The highest BCUT2D eigenvalue weighted by molar-refractivity contribution is 5.91. The third-order valence-corrected chi connectivity index (χ3v) is 7.59. The van der Waals surface area contributed by atoms with Gasteiger partial charge in [0.05, 0.1) is 11.7 Å². The van der Waals surface area contributed by atoms with E-state index in [0.717, 1.165) is 25.7 Å². The average Bonchev–Trinajstić information content (AvgIpc) is 2.84. The molecule has 3 rings (SSSR count). The van der Waals surface area contributed by atoms with Crippen LogP contribution in [-0.2, 0) is 14.3 Å². The van der Waals surface area contributed by atoms with E-state index in [2.05, 4.69) is 34.6 Å². The van der Waals surface area contributed by atoms with Crippen LogP contribution in [0.2, 0.25) is 0 Å². The Hall–Kier alpha value is -0.960. The first-order valence-corrected chi connectivity index (χ1v) is 10.4. The minimum atomic E-state index is -0.473. The third kappa shape index (κ3) is 3.32. The van der Waals surface area contributed by atoms with Gasteiger partial charge in [0.25, 0.3) is 0 Å². The Balaban J connectivity index is 1.87. The van der Waals surface area contributed by atoms with E-state index in [1.54, 1.807) is 13.0 Å². The molecule has 6 atom stereocenters. The van der Waals surface area contributed by atoms with Gasteiger partial charge in [0.15, 0.2) is 5.78 Å². The standard InChI is InChI=1S/C23H36O3/c1-15(24)11-13-22(5)18-12-14-23(6)17(16(18)7-9-19(22)25)8-10-20(23)26-21(2,3)4/h11,13,16-18,20H,7-10,12,14H2,1-6H3/t16?,17?,18?,20?,22-,23+/m1/s1. The molecule has 3 fully saturated rings. The second kappa shape index (κ2) is 6.58. The van der Waals surface area contributed by atoms with Crippen LogP contribution in [-0.4, -0.2) is 23.3 Å². The van der Waals surface area contributed by atoms with Crippen LogP contribution in [0.4, 0.5) is 0 Å². The molecule has 3 nitrogen and oxygen atoms in total. The van der Waals surface area contributed by atoms with Crippen LogP contribution >= 0.6 is 0 Å². The molecule has 3 heteroatoms. The molecule has 146 valence electrons. The van der Waals surface area contributed by atoms with E-state index >= 15 is 0 Å². The number of hydrogen-bond donors (Lipinski definition) is 0. The Morgan fingerprint density at radius 1 is 1.12 bits per heavy atom. The highest BCUT2D eigenvalue weighted by Crippen LogP contribution is 2.63. The quantitative estimate of drug-likeness (QED) is 0.656. The fraction of sp³-hybridized carbons (Fsp3) is 0.826. The highest BCUT2D eigenvalue weighted by atomic mass is 16.5. The van der Waals surface area contributed by atoms with Crippen LogP contribution in [0.1, 0.15) is 80.1 Å². The Bertz CT molecular complexity index is 613. The van der Waals surface area contributed by atoms with E-state index in [1.165, 1.54) is 6.42 Å². The molecule has 0 amide bonds. The smallest absolute Gasteiger partial charge is 0.152 e. The number of Topliss-reactive ketones (excluding diaryl/α,β-unsaturated/α-hetero) is 1. The molecule has 4 unspecified atom stereocenters. The molecule has 0 heterocycles. The monoisotopic (exact) mass is 360 g/mol. The topological polar surface area (TPSA) is 43.4 Å². The van der Waals surface area contributed by atoms with Crippen molar-refractivity contribution in [3.05, 3.63) is 12.2 Å². The highest BCUT2D eigenvalue weighted by Gasteiger charge is 2.59. The van der Waals surface area contributed by atoms with Crippen LogP contribution in [0.5, 0.6) is 0 Å². The van der Waals surface area contributed by atoms with Crippen molar-refractivity contribution in [1.29, 1.82) is 0 Å². The number of fused-ring (bicyclic) bond motifs is 3. The molecule has 0 spiro atoms. The van der Waals surface area contributed by atoms with E-state index in [-0.39, 0.29) is 16.8 Å². The fourth-order valence-corrected chi connectivity index (χ4v) is 6.29. The summed E-state index contributed by atoms with van der Waals surface area (Å²) in [5.74, 6) is 1.92. The summed E-state index contributed by atoms with van der Waals surface area (Å²) >= 11 is 0. The van der Waals surface area contributed by atoms with Gasteiger partial charge >= 0.3 is 0 Å². The predicted molar refractivity (Wildman–Crippen MR) is 104 cm³/mol. The number of ether oxygens (including phenoxy) is 1. The van der Waals surface area contributed by atoms with Crippen LogP contribution in [0.25, 0.3) is 0 Å². The van der Waals surface area contributed by atoms with Gasteiger partial charge in [-0.3, -0.25) is 9.59 Å². The van der Waals surface area contributed by atoms with Crippen molar-refractivity contribution in [2.45, 2.75) is 91.8 Å². The molecule has 0 aromatic rings. The lowest BCUT2D eigenvalue weighted by atomic mass is 9.49. The minimum absolute atomic E-state index is 0.0290. The number of ketones is 2. The first-order valence-electron chi connectivity index (χ1n) is 10.4. The SMILES string of the molecule is CC(=O)C=C[C@@]1(C)C(=O)CCC2C3CCC(OC(C)(C)C)[C@@]3(C)CCC21. The molecular formula is C23H36O3. The lowest BCUT2D eigenvalue weighted by Gasteiger charge is -2.55. The van der Waals surface area contributed by atoms with E-state index in [1.807, 2.05) is 6.08 Å². The maximum absolute atomic E-state index is 12.8. The Morgan fingerprint density at radius 2 is 1.81 bits per heavy atom. The molecule has 0 saturated heterocycles. The van der Waals surface area contributed by atoms with Crippen molar-refractivity contribution in [1.82, 2.24) is 0 Å². The summed E-state index contributed by atoms with van der Waals surface area (Å²) in [5.41, 5.74) is -0.362. The molecule has 0 aliphatic heterocycles. The Labute approximate surface area is 158 Å². The molecule has 3 aliphatic rings. The fourth-order valence-electron chi connectivity index (χ4n) is 6.29. The van der Waals surface area contributed by atoms with Gasteiger partial charge in [0.1, 0.15) is 5.78 Å². The largest absolute Gasteiger partial charge is 0.372 e. The lowest BCUT2D eigenvalue weighted by Crippen LogP contribution is -2.53. The van der Waals surface area contributed by atoms with Gasteiger partial charge < -0.3 is 4.74 Å². The van der Waals surface area contributed by atoms with Gasteiger partial charge in [0, 0.05) is 11.8 Å². The molecule has 3 aliphatic carbocycles. The molecular weight excluding hydrogens is 324 g/mol. The normalized spacial score (nSPS) is 43.4. The van der Waals surface area contributed by atoms with Crippen molar-refractivity contribution in [2.24, 2.45) is 28.6 Å². The van der Waals surface area contributed by atoms with E-state index in [4.69, 9.17) is 4.74 Å². The summed E-state index contributed by atoms with van der Waals surface area (Å²) in [5, 5.41) is 0. The molecule has 0 aromatic carbocycles. The Kier molecular flexibility index (Phi) is 5.01. The van der Waals surface area contributed by atoms with Crippen molar-refractivity contribution >= 4 is 11.6 Å². The second-order valence-electron chi connectivity index (χ2n) is 10.4. The predicted octanol–water partition coefficient (Wildman–Crippen LogP) is 5.13. The molecule has 0 aromatic heterocycles. The molecule has 3 saturated carbocycles. The molecule has 26 heavy (non-hydrogen) atoms. The lowest BCUT2D eigenvalue weighted by molar-refractivity contribution is -0.151. The summed E-state index contributed by atoms with van der Waals surface area (Å²) in [4.78, 5) is 24.3. The first kappa shape index (κ1) is 19.8. The van der Waals surface area contributed by atoms with Gasteiger partial charge in [-0.15, -0.1) is 0 Å². The van der Waals surface area contributed by atoms with Crippen molar-refractivity contribution < 1.29 is 14.3 Å². The molecule has 0 radical (unpaired) electrons. The summed E-state index contributed by atoms with van der Waals surface area (Å²) in [7, 11) is 0.